The molecule has 1 aliphatic heterocycles. The number of likely N-dealkylation sites (tertiary alicyclic amines) is 1. The lowest BCUT2D eigenvalue weighted by Crippen LogP contribution is -2.30. The molecule has 1 aliphatic rings. The van der Waals surface area contributed by atoms with E-state index in [0.717, 1.165) is 18.8 Å². The van der Waals surface area contributed by atoms with Crippen LogP contribution >= 0.6 is 0 Å². The Morgan fingerprint density at radius 2 is 1.89 bits per heavy atom. The molecule has 1 N–H and O–H groups in total. The molecule has 1 aromatic carbocycles. The molecule has 0 saturated carbocycles. The largest absolute Gasteiger partial charge is 0.384 e. The van der Waals surface area contributed by atoms with E-state index in [9.17, 15) is 4.39 Å². The molecule has 2 nitrogen and oxygen atoms in total. The second-order valence-electron chi connectivity index (χ2n) is 5.67. The van der Waals surface area contributed by atoms with Gasteiger partial charge < -0.3 is 10.2 Å². The third kappa shape index (κ3) is 3.69. The summed E-state index contributed by atoms with van der Waals surface area (Å²) in [6.07, 6.45) is 3.90. The first-order valence-electron chi connectivity index (χ1n) is 7.39. The summed E-state index contributed by atoms with van der Waals surface area (Å²) in [7, 11) is 0. The molecule has 0 atom stereocenters. The second-order valence-corrected chi connectivity index (χ2v) is 5.67. The summed E-state index contributed by atoms with van der Waals surface area (Å²) < 4.78 is 12.8. The van der Waals surface area contributed by atoms with Crippen molar-refractivity contribution in [3.05, 3.63) is 30.1 Å². The van der Waals surface area contributed by atoms with E-state index in [-0.39, 0.29) is 5.82 Å². The minimum atomic E-state index is -0.180. The van der Waals surface area contributed by atoms with Crippen LogP contribution in [0.4, 0.5) is 10.1 Å². The van der Waals surface area contributed by atoms with E-state index in [1.807, 2.05) is 0 Å². The molecule has 1 saturated heterocycles. The first-order chi connectivity index (χ1) is 9.17. The highest BCUT2D eigenvalue weighted by Crippen LogP contribution is 2.36. The third-order valence-corrected chi connectivity index (χ3v) is 4.62. The lowest BCUT2D eigenvalue weighted by molar-refractivity contribution is 0.245. The normalized spacial score (nSPS) is 18.7. The van der Waals surface area contributed by atoms with Crippen LogP contribution in [0.5, 0.6) is 0 Å². The lowest BCUT2D eigenvalue weighted by Gasteiger charge is -2.26. The van der Waals surface area contributed by atoms with Crippen LogP contribution < -0.4 is 5.32 Å². The molecule has 2 rings (SSSR count). The molecule has 19 heavy (non-hydrogen) atoms. The maximum Gasteiger partial charge on any atom is 0.123 e. The Labute approximate surface area is 116 Å². The summed E-state index contributed by atoms with van der Waals surface area (Å²) in [5, 5.41) is 3.35. The van der Waals surface area contributed by atoms with Gasteiger partial charge in [-0.25, -0.2) is 4.39 Å². The first kappa shape index (κ1) is 14.3. The van der Waals surface area contributed by atoms with E-state index in [2.05, 4.69) is 24.1 Å². The number of halogens is 1. The molecular weight excluding hydrogens is 239 g/mol. The molecule has 3 heteroatoms. The fraction of sp³-hybridized carbons (Fsp3) is 0.625. The third-order valence-electron chi connectivity index (χ3n) is 4.62. The van der Waals surface area contributed by atoms with Crippen molar-refractivity contribution in [1.29, 1.82) is 0 Å². The number of nitrogens with zero attached hydrogens (tertiary/aromatic N) is 1. The summed E-state index contributed by atoms with van der Waals surface area (Å²) in [5.41, 5.74) is 1.55. The van der Waals surface area contributed by atoms with Gasteiger partial charge in [0.25, 0.3) is 0 Å². The van der Waals surface area contributed by atoms with Crippen molar-refractivity contribution < 1.29 is 4.39 Å². The Morgan fingerprint density at radius 1 is 1.21 bits per heavy atom. The molecular formula is C16H25FN2. The Hall–Kier alpha value is -1.09. The van der Waals surface area contributed by atoms with Crippen LogP contribution in [-0.4, -0.2) is 31.1 Å². The van der Waals surface area contributed by atoms with Crippen LogP contribution in [0.2, 0.25) is 0 Å². The van der Waals surface area contributed by atoms with E-state index in [1.54, 1.807) is 12.1 Å². The highest BCUT2D eigenvalue weighted by Gasteiger charge is 2.34. The summed E-state index contributed by atoms with van der Waals surface area (Å²) in [5.74, 6) is -0.180. The average molecular weight is 264 g/mol. The predicted octanol–water partition coefficient (Wildman–Crippen LogP) is 3.75. The Morgan fingerprint density at radius 3 is 2.47 bits per heavy atom. The number of benzene rings is 1. The number of anilines is 1. The van der Waals surface area contributed by atoms with Gasteiger partial charge in [-0.3, -0.25) is 0 Å². The molecule has 0 aromatic heterocycles. The summed E-state index contributed by atoms with van der Waals surface area (Å²) in [6.45, 7) is 9.06. The minimum absolute atomic E-state index is 0.180. The maximum atomic E-state index is 12.8. The van der Waals surface area contributed by atoms with E-state index in [0.29, 0.717) is 5.41 Å². The predicted molar refractivity (Wildman–Crippen MR) is 79.0 cm³/mol. The summed E-state index contributed by atoms with van der Waals surface area (Å²) in [6, 6.07) is 6.58. The molecule has 0 spiro atoms. The second kappa shape index (κ2) is 6.38. The maximum absolute atomic E-state index is 12.8. The Bertz CT molecular complexity index is 384. The molecule has 1 aromatic rings. The molecule has 0 bridgehead atoms. The van der Waals surface area contributed by atoms with Gasteiger partial charge in [0.1, 0.15) is 5.82 Å². The van der Waals surface area contributed by atoms with E-state index >= 15 is 0 Å². The van der Waals surface area contributed by atoms with Crippen molar-refractivity contribution in [1.82, 2.24) is 4.90 Å². The summed E-state index contributed by atoms with van der Waals surface area (Å²) in [4.78, 5) is 2.55. The van der Waals surface area contributed by atoms with Crippen LogP contribution in [0.3, 0.4) is 0 Å². The monoisotopic (exact) mass is 264 g/mol. The van der Waals surface area contributed by atoms with Crippen LogP contribution in [0.15, 0.2) is 24.3 Å². The van der Waals surface area contributed by atoms with Gasteiger partial charge in [-0.1, -0.05) is 13.8 Å². The minimum Gasteiger partial charge on any atom is -0.384 e. The summed E-state index contributed by atoms with van der Waals surface area (Å²) >= 11 is 0. The quantitative estimate of drug-likeness (QED) is 0.842. The van der Waals surface area contributed by atoms with Gasteiger partial charge in [0.2, 0.25) is 0 Å². The standard InChI is InChI=1S/C16H25FN2/c1-3-16(4-2)9-11-19(13-16)12-10-18-15-7-5-14(17)6-8-15/h5-8,18H,3-4,9-13H2,1-2H3. The van der Waals surface area contributed by atoms with Gasteiger partial charge in [0.05, 0.1) is 0 Å². The lowest BCUT2D eigenvalue weighted by atomic mass is 9.82. The highest BCUT2D eigenvalue weighted by molar-refractivity contribution is 5.42. The number of hydrogen-bond donors (Lipinski definition) is 1. The van der Waals surface area contributed by atoms with Gasteiger partial charge in [-0.05, 0) is 55.5 Å². The fourth-order valence-corrected chi connectivity index (χ4v) is 2.97. The van der Waals surface area contributed by atoms with Crippen LogP contribution in [0, 0.1) is 11.2 Å². The van der Waals surface area contributed by atoms with Crippen LogP contribution in [0.1, 0.15) is 33.1 Å². The number of rotatable bonds is 6. The molecule has 0 aliphatic carbocycles. The van der Waals surface area contributed by atoms with E-state index in [4.69, 9.17) is 0 Å². The molecule has 1 heterocycles. The van der Waals surface area contributed by atoms with Crippen LogP contribution in [0.25, 0.3) is 0 Å². The van der Waals surface area contributed by atoms with Gasteiger partial charge in [0.15, 0.2) is 0 Å². The van der Waals surface area contributed by atoms with Crippen molar-refractivity contribution in [2.24, 2.45) is 5.41 Å². The zero-order valence-corrected chi connectivity index (χ0v) is 12.1. The number of hydrogen-bond acceptors (Lipinski definition) is 2. The Balaban J connectivity index is 1.74. The zero-order chi connectivity index (χ0) is 13.7. The van der Waals surface area contributed by atoms with Crippen molar-refractivity contribution in [2.75, 3.05) is 31.5 Å². The molecule has 1 fully saturated rings. The smallest absolute Gasteiger partial charge is 0.123 e. The zero-order valence-electron chi connectivity index (χ0n) is 12.1. The Kier molecular flexibility index (Phi) is 4.81. The average Bonchev–Trinajstić information content (AvgIpc) is 2.85. The highest BCUT2D eigenvalue weighted by atomic mass is 19.1. The first-order valence-corrected chi connectivity index (χ1v) is 7.39. The van der Waals surface area contributed by atoms with Gasteiger partial charge in [-0.15, -0.1) is 0 Å². The van der Waals surface area contributed by atoms with Crippen LogP contribution in [-0.2, 0) is 0 Å². The molecule has 106 valence electrons. The molecule has 0 unspecified atom stereocenters. The number of nitrogens with one attached hydrogen (secondary N) is 1. The fourth-order valence-electron chi connectivity index (χ4n) is 2.97. The molecule has 0 radical (unpaired) electrons. The van der Waals surface area contributed by atoms with E-state index < -0.39 is 0 Å². The van der Waals surface area contributed by atoms with Gasteiger partial charge in [0, 0.05) is 25.3 Å². The topological polar surface area (TPSA) is 15.3 Å². The van der Waals surface area contributed by atoms with Crippen molar-refractivity contribution in [2.45, 2.75) is 33.1 Å². The van der Waals surface area contributed by atoms with Gasteiger partial charge >= 0.3 is 0 Å². The SMILES string of the molecule is CCC1(CC)CCN(CCNc2ccc(F)cc2)C1. The van der Waals surface area contributed by atoms with Crippen molar-refractivity contribution in [3.8, 4) is 0 Å². The van der Waals surface area contributed by atoms with Gasteiger partial charge in [-0.2, -0.15) is 0 Å². The van der Waals surface area contributed by atoms with Crippen molar-refractivity contribution in [3.63, 3.8) is 0 Å². The van der Waals surface area contributed by atoms with Crippen molar-refractivity contribution >= 4 is 5.69 Å². The molecule has 0 amide bonds. The van der Waals surface area contributed by atoms with E-state index in [1.165, 1.54) is 44.5 Å².